The second-order valence-electron chi connectivity index (χ2n) is 4.13. The summed E-state index contributed by atoms with van der Waals surface area (Å²) in [7, 11) is 0. The maximum Gasteiger partial charge on any atom is 0.338 e. The number of rotatable bonds is 4. The normalized spacial score (nSPS) is 10.1. The number of thiophene rings is 1. The lowest BCUT2D eigenvalue weighted by molar-refractivity contribution is 0.0525. The van der Waals surface area contributed by atoms with Gasteiger partial charge < -0.3 is 10.1 Å². The molecule has 0 radical (unpaired) electrons. The van der Waals surface area contributed by atoms with Gasteiger partial charge >= 0.3 is 5.97 Å². The molecule has 0 unspecified atom stereocenters. The van der Waals surface area contributed by atoms with Gasteiger partial charge in [0.05, 0.1) is 17.0 Å². The average Bonchev–Trinajstić information content (AvgIpc) is 2.95. The van der Waals surface area contributed by atoms with Gasteiger partial charge in [-0.15, -0.1) is 11.3 Å². The fraction of sp³-hybridized carbons (Fsp3) is 0.200. The predicted molar refractivity (Wildman–Crippen MR) is 79.4 cm³/mol. The molecule has 0 atom stereocenters. The van der Waals surface area contributed by atoms with Crippen LogP contribution in [-0.4, -0.2) is 18.5 Å². The monoisotopic (exact) mass is 289 g/mol. The third kappa shape index (κ3) is 3.05. The molecule has 5 heteroatoms. The molecule has 0 saturated carbocycles. The van der Waals surface area contributed by atoms with E-state index in [4.69, 9.17) is 4.74 Å². The van der Waals surface area contributed by atoms with Gasteiger partial charge in [-0.25, -0.2) is 4.79 Å². The first-order valence-corrected chi connectivity index (χ1v) is 7.13. The zero-order valence-electron chi connectivity index (χ0n) is 11.3. The predicted octanol–water partition coefficient (Wildman–Crippen LogP) is 3.49. The molecule has 0 spiro atoms. The van der Waals surface area contributed by atoms with Crippen molar-refractivity contribution in [3.8, 4) is 0 Å². The number of hydrogen-bond acceptors (Lipinski definition) is 4. The van der Waals surface area contributed by atoms with Crippen LogP contribution in [-0.2, 0) is 4.74 Å². The van der Waals surface area contributed by atoms with E-state index in [0.717, 1.165) is 0 Å². The molecule has 1 amide bonds. The zero-order chi connectivity index (χ0) is 14.5. The number of carbonyl (C=O) groups is 2. The van der Waals surface area contributed by atoms with Gasteiger partial charge in [-0.05, 0) is 43.0 Å². The van der Waals surface area contributed by atoms with Crippen molar-refractivity contribution in [2.75, 3.05) is 11.9 Å². The number of ether oxygens (including phenoxy) is 1. The molecule has 104 valence electrons. The molecule has 1 heterocycles. The minimum atomic E-state index is -0.378. The van der Waals surface area contributed by atoms with Crippen LogP contribution < -0.4 is 5.32 Å². The minimum absolute atomic E-state index is 0.177. The molecule has 2 rings (SSSR count). The summed E-state index contributed by atoms with van der Waals surface area (Å²) in [5.41, 5.74) is 1.79. The van der Waals surface area contributed by atoms with E-state index in [1.807, 2.05) is 11.4 Å². The Morgan fingerprint density at radius 1 is 1.25 bits per heavy atom. The minimum Gasteiger partial charge on any atom is -0.462 e. The van der Waals surface area contributed by atoms with Crippen molar-refractivity contribution in [3.05, 3.63) is 51.7 Å². The van der Waals surface area contributed by atoms with Gasteiger partial charge in [0, 0.05) is 5.69 Å². The number of esters is 1. The van der Waals surface area contributed by atoms with Gasteiger partial charge in [0.15, 0.2) is 0 Å². The molecule has 0 saturated heterocycles. The van der Waals surface area contributed by atoms with Gasteiger partial charge in [0.1, 0.15) is 0 Å². The topological polar surface area (TPSA) is 55.4 Å². The first-order valence-electron chi connectivity index (χ1n) is 6.25. The van der Waals surface area contributed by atoms with Crippen LogP contribution in [0, 0.1) is 6.92 Å². The van der Waals surface area contributed by atoms with Crippen LogP contribution in [0.1, 0.15) is 32.5 Å². The van der Waals surface area contributed by atoms with Gasteiger partial charge in [0.2, 0.25) is 0 Å². The maximum absolute atomic E-state index is 12.0. The first-order chi connectivity index (χ1) is 9.63. The van der Waals surface area contributed by atoms with Gasteiger partial charge in [-0.1, -0.05) is 12.1 Å². The van der Waals surface area contributed by atoms with E-state index in [0.29, 0.717) is 28.3 Å². The Kier molecular flexibility index (Phi) is 4.53. The quantitative estimate of drug-likeness (QED) is 0.877. The lowest BCUT2D eigenvalue weighted by atomic mass is 10.1. The Labute approximate surface area is 121 Å². The highest BCUT2D eigenvalue weighted by Crippen LogP contribution is 2.21. The third-order valence-corrected chi connectivity index (χ3v) is 3.69. The molecule has 0 aliphatic heterocycles. The molecule has 2 aromatic rings. The highest BCUT2D eigenvalue weighted by atomic mass is 32.1. The third-order valence-electron chi connectivity index (χ3n) is 2.82. The molecule has 0 fully saturated rings. The molecular weight excluding hydrogens is 274 g/mol. The van der Waals surface area contributed by atoms with E-state index >= 15 is 0 Å². The summed E-state index contributed by atoms with van der Waals surface area (Å²) in [4.78, 5) is 24.4. The standard InChI is InChI=1S/C15H15NO3S/c1-3-19-15(18)11-6-4-7-12(10(11)2)16-14(17)13-8-5-9-20-13/h4-9H,3H2,1-2H3,(H,16,17). The first kappa shape index (κ1) is 14.3. The number of benzene rings is 1. The summed E-state index contributed by atoms with van der Waals surface area (Å²) in [5, 5.41) is 4.66. The molecule has 1 aromatic carbocycles. The van der Waals surface area contributed by atoms with Crippen molar-refractivity contribution in [1.82, 2.24) is 0 Å². The number of carbonyl (C=O) groups excluding carboxylic acids is 2. The molecule has 20 heavy (non-hydrogen) atoms. The van der Waals surface area contributed by atoms with E-state index < -0.39 is 0 Å². The van der Waals surface area contributed by atoms with Crippen LogP contribution in [0.2, 0.25) is 0 Å². The summed E-state index contributed by atoms with van der Waals surface area (Å²) in [5.74, 6) is -0.554. The lowest BCUT2D eigenvalue weighted by Gasteiger charge is -2.11. The zero-order valence-corrected chi connectivity index (χ0v) is 12.1. The largest absolute Gasteiger partial charge is 0.462 e. The van der Waals surface area contributed by atoms with Crippen molar-refractivity contribution in [2.45, 2.75) is 13.8 Å². The molecule has 0 aliphatic rings. The van der Waals surface area contributed by atoms with Crippen LogP contribution in [0.3, 0.4) is 0 Å². The van der Waals surface area contributed by atoms with Crippen molar-refractivity contribution in [3.63, 3.8) is 0 Å². The Bertz CT molecular complexity index is 620. The van der Waals surface area contributed by atoms with Gasteiger partial charge in [0.25, 0.3) is 5.91 Å². The van der Waals surface area contributed by atoms with Gasteiger partial charge in [-0.3, -0.25) is 4.79 Å². The number of nitrogens with one attached hydrogen (secondary N) is 1. The molecule has 1 N–H and O–H groups in total. The smallest absolute Gasteiger partial charge is 0.338 e. The van der Waals surface area contributed by atoms with E-state index in [1.165, 1.54) is 11.3 Å². The highest BCUT2D eigenvalue weighted by molar-refractivity contribution is 7.12. The average molecular weight is 289 g/mol. The summed E-state index contributed by atoms with van der Waals surface area (Å²) in [6, 6.07) is 8.76. The van der Waals surface area contributed by atoms with Crippen molar-refractivity contribution in [1.29, 1.82) is 0 Å². The van der Waals surface area contributed by atoms with E-state index in [1.54, 1.807) is 38.1 Å². The van der Waals surface area contributed by atoms with E-state index in [9.17, 15) is 9.59 Å². The Balaban J connectivity index is 2.23. The van der Waals surface area contributed by atoms with Crippen LogP contribution in [0.25, 0.3) is 0 Å². The van der Waals surface area contributed by atoms with Crippen LogP contribution in [0.15, 0.2) is 35.7 Å². The molecule has 0 bridgehead atoms. The number of hydrogen-bond donors (Lipinski definition) is 1. The summed E-state index contributed by atoms with van der Waals surface area (Å²) in [6.07, 6.45) is 0. The molecular formula is C15H15NO3S. The fourth-order valence-electron chi connectivity index (χ4n) is 1.79. The highest BCUT2D eigenvalue weighted by Gasteiger charge is 2.14. The molecule has 4 nitrogen and oxygen atoms in total. The SMILES string of the molecule is CCOC(=O)c1cccc(NC(=O)c2cccs2)c1C. The van der Waals surface area contributed by atoms with Crippen LogP contribution >= 0.6 is 11.3 Å². The van der Waals surface area contributed by atoms with E-state index in [2.05, 4.69) is 5.32 Å². The van der Waals surface area contributed by atoms with Crippen LogP contribution in [0.5, 0.6) is 0 Å². The van der Waals surface area contributed by atoms with Crippen molar-refractivity contribution >= 4 is 28.9 Å². The maximum atomic E-state index is 12.0. The van der Waals surface area contributed by atoms with Crippen molar-refractivity contribution in [2.24, 2.45) is 0 Å². The summed E-state index contributed by atoms with van der Waals surface area (Å²) < 4.78 is 4.99. The Morgan fingerprint density at radius 3 is 2.70 bits per heavy atom. The fourth-order valence-corrected chi connectivity index (χ4v) is 2.41. The van der Waals surface area contributed by atoms with Gasteiger partial charge in [-0.2, -0.15) is 0 Å². The lowest BCUT2D eigenvalue weighted by Crippen LogP contribution is -2.13. The second kappa shape index (κ2) is 6.34. The second-order valence-corrected chi connectivity index (χ2v) is 5.08. The molecule has 0 aliphatic carbocycles. The Morgan fingerprint density at radius 2 is 2.05 bits per heavy atom. The number of amides is 1. The van der Waals surface area contributed by atoms with Crippen molar-refractivity contribution < 1.29 is 14.3 Å². The summed E-state index contributed by atoms with van der Waals surface area (Å²) >= 11 is 1.37. The van der Waals surface area contributed by atoms with Crippen LogP contribution in [0.4, 0.5) is 5.69 Å². The molecule has 1 aromatic heterocycles. The summed E-state index contributed by atoms with van der Waals surface area (Å²) in [6.45, 7) is 3.87. The van der Waals surface area contributed by atoms with E-state index in [-0.39, 0.29) is 11.9 Å². The Hall–Kier alpha value is -2.14. The number of anilines is 1.